The molecule has 0 bridgehead atoms. The number of amides is 1. The van der Waals surface area contributed by atoms with Crippen molar-refractivity contribution in [3.05, 3.63) is 30.6 Å². The number of fused-ring (bicyclic) bond motifs is 1. The van der Waals surface area contributed by atoms with Crippen LogP contribution in [0.2, 0.25) is 0 Å². The Labute approximate surface area is 101 Å². The van der Waals surface area contributed by atoms with Gasteiger partial charge in [0.15, 0.2) is 0 Å². The second-order valence-electron chi connectivity index (χ2n) is 3.93. The first-order valence-corrected chi connectivity index (χ1v) is 5.94. The Morgan fingerprint density at radius 1 is 1.29 bits per heavy atom. The van der Waals surface area contributed by atoms with Crippen LogP contribution in [-0.4, -0.2) is 33.4 Å². The van der Waals surface area contributed by atoms with Crippen molar-refractivity contribution < 1.29 is 4.79 Å². The fourth-order valence-electron chi connectivity index (χ4n) is 1.96. The Morgan fingerprint density at radius 2 is 2.00 bits per heavy atom. The van der Waals surface area contributed by atoms with Crippen LogP contribution in [0, 0.1) is 0 Å². The van der Waals surface area contributed by atoms with E-state index in [2.05, 4.69) is 4.98 Å². The van der Waals surface area contributed by atoms with Gasteiger partial charge in [0.05, 0.1) is 17.4 Å². The fraction of sp³-hybridized carbons (Fsp3) is 0.385. The second kappa shape index (κ2) is 4.99. The van der Waals surface area contributed by atoms with E-state index >= 15 is 0 Å². The first-order valence-electron chi connectivity index (χ1n) is 5.94. The number of hydrogen-bond donors (Lipinski definition) is 0. The van der Waals surface area contributed by atoms with Crippen molar-refractivity contribution in [1.29, 1.82) is 0 Å². The predicted molar refractivity (Wildman–Crippen MR) is 67.7 cm³/mol. The normalized spacial score (nSPS) is 10.7. The topological polar surface area (TPSA) is 38.1 Å². The number of hydrogen-bond acceptors (Lipinski definition) is 2. The quantitative estimate of drug-likeness (QED) is 0.806. The Bertz CT molecular complexity index is 514. The Hall–Kier alpha value is -1.84. The van der Waals surface area contributed by atoms with E-state index in [0.717, 1.165) is 24.1 Å². The summed E-state index contributed by atoms with van der Waals surface area (Å²) in [6.07, 6.45) is 1.73. The van der Waals surface area contributed by atoms with Crippen LogP contribution in [0.4, 0.5) is 0 Å². The first-order chi connectivity index (χ1) is 8.26. The lowest BCUT2D eigenvalue weighted by molar-refractivity contribution is -0.131. The fourth-order valence-corrected chi connectivity index (χ4v) is 1.96. The molecule has 0 aliphatic heterocycles. The molecule has 0 aliphatic rings. The highest BCUT2D eigenvalue weighted by Crippen LogP contribution is 2.11. The zero-order valence-corrected chi connectivity index (χ0v) is 10.3. The third-order valence-corrected chi connectivity index (χ3v) is 2.95. The van der Waals surface area contributed by atoms with Gasteiger partial charge < -0.3 is 9.47 Å². The molecule has 0 N–H and O–H groups in total. The summed E-state index contributed by atoms with van der Waals surface area (Å²) >= 11 is 0. The summed E-state index contributed by atoms with van der Waals surface area (Å²) in [4.78, 5) is 18.1. The van der Waals surface area contributed by atoms with Crippen LogP contribution in [0.15, 0.2) is 30.6 Å². The second-order valence-corrected chi connectivity index (χ2v) is 3.93. The van der Waals surface area contributed by atoms with E-state index in [9.17, 15) is 4.79 Å². The molecular formula is C13H17N3O. The van der Waals surface area contributed by atoms with E-state index in [4.69, 9.17) is 0 Å². The largest absolute Gasteiger partial charge is 0.342 e. The maximum absolute atomic E-state index is 12.0. The Kier molecular flexibility index (Phi) is 3.42. The molecule has 0 atom stereocenters. The lowest BCUT2D eigenvalue weighted by Gasteiger charge is -2.18. The molecule has 1 amide bonds. The molecule has 2 rings (SSSR count). The minimum absolute atomic E-state index is 0.137. The number of rotatable bonds is 4. The summed E-state index contributed by atoms with van der Waals surface area (Å²) < 4.78 is 1.90. The molecule has 2 aromatic rings. The summed E-state index contributed by atoms with van der Waals surface area (Å²) in [5, 5.41) is 0. The molecule has 1 aromatic heterocycles. The number of likely N-dealkylation sites (N-methyl/N-ethyl adjacent to an activating group) is 1. The van der Waals surface area contributed by atoms with Crippen molar-refractivity contribution in [2.24, 2.45) is 0 Å². The van der Waals surface area contributed by atoms with Crippen LogP contribution in [0.5, 0.6) is 0 Å². The number of carbonyl (C=O) groups excluding carboxylic acids is 1. The van der Waals surface area contributed by atoms with E-state index in [1.165, 1.54) is 0 Å². The zero-order valence-electron chi connectivity index (χ0n) is 10.3. The SMILES string of the molecule is CCN(CC)C(=O)Cn1cnc2ccccc21. The third-order valence-electron chi connectivity index (χ3n) is 2.95. The maximum atomic E-state index is 12.0. The van der Waals surface area contributed by atoms with E-state index in [1.54, 1.807) is 6.33 Å². The van der Waals surface area contributed by atoms with Gasteiger partial charge in [0.1, 0.15) is 6.54 Å². The number of imidazole rings is 1. The molecule has 0 aliphatic carbocycles. The summed E-state index contributed by atoms with van der Waals surface area (Å²) in [5.41, 5.74) is 1.94. The van der Waals surface area contributed by atoms with Gasteiger partial charge in [-0.3, -0.25) is 4.79 Å². The highest BCUT2D eigenvalue weighted by Gasteiger charge is 2.11. The van der Waals surface area contributed by atoms with Gasteiger partial charge in [-0.05, 0) is 26.0 Å². The summed E-state index contributed by atoms with van der Waals surface area (Å²) in [7, 11) is 0. The first kappa shape index (κ1) is 11.6. The van der Waals surface area contributed by atoms with Crippen molar-refractivity contribution in [2.75, 3.05) is 13.1 Å². The maximum Gasteiger partial charge on any atom is 0.242 e. The average molecular weight is 231 g/mol. The molecule has 1 heterocycles. The summed E-state index contributed by atoms with van der Waals surface area (Å²) in [6.45, 7) is 5.85. The van der Waals surface area contributed by atoms with Crippen LogP contribution >= 0.6 is 0 Å². The molecule has 0 unspecified atom stereocenters. The highest BCUT2D eigenvalue weighted by atomic mass is 16.2. The predicted octanol–water partition coefficient (Wildman–Crippen LogP) is 1.90. The van der Waals surface area contributed by atoms with Crippen molar-refractivity contribution >= 4 is 16.9 Å². The van der Waals surface area contributed by atoms with Crippen molar-refractivity contribution in [2.45, 2.75) is 20.4 Å². The molecular weight excluding hydrogens is 214 g/mol. The molecule has 1 aromatic carbocycles. The number of nitrogens with zero attached hydrogens (tertiary/aromatic N) is 3. The van der Waals surface area contributed by atoms with Crippen LogP contribution in [0.3, 0.4) is 0 Å². The molecule has 0 saturated heterocycles. The molecule has 0 radical (unpaired) electrons. The van der Waals surface area contributed by atoms with Gasteiger partial charge >= 0.3 is 0 Å². The van der Waals surface area contributed by atoms with Gasteiger partial charge in [0.2, 0.25) is 5.91 Å². The van der Waals surface area contributed by atoms with E-state index in [0.29, 0.717) is 6.54 Å². The number of para-hydroxylation sites is 2. The van der Waals surface area contributed by atoms with Crippen LogP contribution in [0.1, 0.15) is 13.8 Å². The molecule has 90 valence electrons. The smallest absolute Gasteiger partial charge is 0.242 e. The molecule has 0 fully saturated rings. The Morgan fingerprint density at radius 3 is 2.71 bits per heavy atom. The van der Waals surface area contributed by atoms with Gasteiger partial charge in [0, 0.05) is 13.1 Å². The number of benzene rings is 1. The molecule has 4 nitrogen and oxygen atoms in total. The van der Waals surface area contributed by atoms with Gasteiger partial charge in [-0.1, -0.05) is 12.1 Å². The standard InChI is InChI=1S/C13H17N3O/c1-3-15(4-2)13(17)9-16-10-14-11-7-5-6-8-12(11)16/h5-8,10H,3-4,9H2,1-2H3. The molecule has 4 heteroatoms. The highest BCUT2D eigenvalue weighted by molar-refractivity contribution is 5.80. The molecule has 17 heavy (non-hydrogen) atoms. The monoisotopic (exact) mass is 231 g/mol. The van der Waals surface area contributed by atoms with E-state index < -0.39 is 0 Å². The van der Waals surface area contributed by atoms with Crippen molar-refractivity contribution in [3.8, 4) is 0 Å². The van der Waals surface area contributed by atoms with E-state index in [-0.39, 0.29) is 5.91 Å². The van der Waals surface area contributed by atoms with Crippen LogP contribution in [0.25, 0.3) is 11.0 Å². The van der Waals surface area contributed by atoms with E-state index in [1.807, 2.05) is 47.6 Å². The van der Waals surface area contributed by atoms with Crippen LogP contribution in [-0.2, 0) is 11.3 Å². The van der Waals surface area contributed by atoms with Crippen molar-refractivity contribution in [1.82, 2.24) is 14.5 Å². The number of aromatic nitrogens is 2. The lowest BCUT2D eigenvalue weighted by atomic mass is 10.3. The van der Waals surface area contributed by atoms with Gasteiger partial charge in [-0.2, -0.15) is 0 Å². The average Bonchev–Trinajstić information content (AvgIpc) is 2.74. The number of carbonyl (C=O) groups is 1. The Balaban J connectivity index is 2.21. The lowest BCUT2D eigenvalue weighted by Crippen LogP contribution is -2.33. The third kappa shape index (κ3) is 2.30. The minimum atomic E-state index is 0.137. The molecule has 0 spiro atoms. The summed E-state index contributed by atoms with van der Waals surface area (Å²) in [5.74, 6) is 0.137. The van der Waals surface area contributed by atoms with Gasteiger partial charge in [0.25, 0.3) is 0 Å². The molecule has 0 saturated carbocycles. The minimum Gasteiger partial charge on any atom is -0.342 e. The van der Waals surface area contributed by atoms with Crippen molar-refractivity contribution in [3.63, 3.8) is 0 Å². The zero-order chi connectivity index (χ0) is 12.3. The summed E-state index contributed by atoms with van der Waals surface area (Å²) in [6, 6.07) is 7.85. The van der Waals surface area contributed by atoms with Crippen LogP contribution < -0.4 is 0 Å². The van der Waals surface area contributed by atoms with Gasteiger partial charge in [-0.15, -0.1) is 0 Å². The van der Waals surface area contributed by atoms with Gasteiger partial charge in [-0.25, -0.2) is 4.98 Å².